The Balaban J connectivity index is 1.48. The van der Waals surface area contributed by atoms with E-state index in [1.54, 1.807) is 17.8 Å². The summed E-state index contributed by atoms with van der Waals surface area (Å²) in [5.74, 6) is 1.34. The number of fused-ring (bicyclic) bond motifs is 1. The molecule has 0 amide bonds. The molecule has 0 aliphatic heterocycles. The maximum absolute atomic E-state index is 12.9. The number of aliphatic hydroxyl groups is 1. The second-order valence-corrected chi connectivity index (χ2v) is 8.54. The predicted octanol–water partition coefficient (Wildman–Crippen LogP) is 4.46. The van der Waals surface area contributed by atoms with E-state index in [0.717, 1.165) is 46.3 Å². The minimum Gasteiger partial charge on any atom is -0.392 e. The van der Waals surface area contributed by atoms with Crippen molar-refractivity contribution >= 4 is 22.7 Å². The molecule has 0 spiro atoms. The van der Waals surface area contributed by atoms with Gasteiger partial charge in [-0.3, -0.25) is 9.13 Å². The third-order valence-electron chi connectivity index (χ3n) is 6.48. The Kier molecular flexibility index (Phi) is 5.27. The van der Waals surface area contributed by atoms with E-state index in [1.807, 2.05) is 54.0 Å². The first kappa shape index (κ1) is 20.5. The molecule has 164 valence electrons. The van der Waals surface area contributed by atoms with E-state index in [9.17, 15) is 9.90 Å². The van der Waals surface area contributed by atoms with E-state index < -0.39 is 0 Å². The van der Waals surface area contributed by atoms with Crippen LogP contribution in [0.1, 0.15) is 42.9 Å². The van der Waals surface area contributed by atoms with Gasteiger partial charge >= 0.3 is 5.69 Å². The lowest BCUT2D eigenvalue weighted by atomic mass is 10.0. The van der Waals surface area contributed by atoms with Crippen LogP contribution in [0.3, 0.4) is 0 Å². The molecule has 0 bridgehead atoms. The average molecular weight is 430 g/mol. The Morgan fingerprint density at radius 2 is 1.91 bits per heavy atom. The number of anilines is 2. The highest BCUT2D eigenvalue weighted by atomic mass is 16.3. The third-order valence-corrected chi connectivity index (χ3v) is 6.48. The van der Waals surface area contributed by atoms with Gasteiger partial charge in [-0.05, 0) is 49.1 Å². The van der Waals surface area contributed by atoms with Crippen LogP contribution in [-0.4, -0.2) is 24.2 Å². The molecule has 1 aromatic carbocycles. The van der Waals surface area contributed by atoms with Crippen molar-refractivity contribution in [1.82, 2.24) is 19.1 Å². The van der Waals surface area contributed by atoms with Crippen LogP contribution in [0.5, 0.6) is 0 Å². The molecule has 0 radical (unpaired) electrons. The molecule has 7 nitrogen and oxygen atoms in total. The van der Waals surface area contributed by atoms with E-state index in [1.165, 1.54) is 12.8 Å². The monoisotopic (exact) mass is 429 g/mol. The summed E-state index contributed by atoms with van der Waals surface area (Å²) in [6.45, 7) is 2.01. The molecule has 1 aliphatic carbocycles. The summed E-state index contributed by atoms with van der Waals surface area (Å²) in [7, 11) is 1.81. The highest BCUT2D eigenvalue weighted by Gasteiger charge is 2.23. The fraction of sp³-hybridized carbons (Fsp3) is 0.320. The largest absolute Gasteiger partial charge is 0.392 e. The fourth-order valence-corrected chi connectivity index (χ4v) is 4.67. The molecule has 3 aromatic heterocycles. The van der Waals surface area contributed by atoms with Crippen molar-refractivity contribution in [2.45, 2.75) is 45.3 Å². The van der Waals surface area contributed by atoms with E-state index in [2.05, 4.69) is 10.3 Å². The molecule has 0 atom stereocenters. The number of nitrogens with one attached hydrogen (secondary N) is 1. The van der Waals surface area contributed by atoms with Gasteiger partial charge in [0.25, 0.3) is 0 Å². The van der Waals surface area contributed by atoms with Crippen LogP contribution in [0, 0.1) is 6.92 Å². The van der Waals surface area contributed by atoms with Gasteiger partial charge in [-0.1, -0.05) is 31.0 Å². The van der Waals surface area contributed by atoms with Crippen molar-refractivity contribution in [3.05, 3.63) is 70.3 Å². The van der Waals surface area contributed by atoms with Crippen LogP contribution in [0.15, 0.2) is 53.5 Å². The standard InChI is InChI=1S/C25H27N5O2/c1-16-12-17(10-11-18(16)15-31)20-8-5-9-23(27-20)28-24-13-21-22(14-26-24)29(2)25(32)30(21)19-6-3-4-7-19/h5,8-14,19,31H,3-4,6-7,15H2,1-2H3,(H,26,27,28). The zero-order valence-corrected chi connectivity index (χ0v) is 18.4. The predicted molar refractivity (Wildman–Crippen MR) is 126 cm³/mol. The molecule has 1 fully saturated rings. The number of hydrogen-bond acceptors (Lipinski definition) is 5. The van der Waals surface area contributed by atoms with Crippen LogP contribution in [0.25, 0.3) is 22.3 Å². The maximum Gasteiger partial charge on any atom is 0.329 e. The van der Waals surface area contributed by atoms with Crippen molar-refractivity contribution in [2.75, 3.05) is 5.32 Å². The molecule has 3 heterocycles. The minimum absolute atomic E-state index is 0.0210. The lowest BCUT2D eigenvalue weighted by Gasteiger charge is -2.12. The van der Waals surface area contributed by atoms with Gasteiger partial charge in [-0.25, -0.2) is 14.8 Å². The summed E-state index contributed by atoms with van der Waals surface area (Å²) in [4.78, 5) is 22.2. The average Bonchev–Trinajstić information content (AvgIpc) is 3.41. The second-order valence-electron chi connectivity index (χ2n) is 8.54. The molecular weight excluding hydrogens is 402 g/mol. The molecule has 5 rings (SSSR count). The van der Waals surface area contributed by atoms with Crippen LogP contribution < -0.4 is 11.0 Å². The summed E-state index contributed by atoms with van der Waals surface area (Å²) in [6.07, 6.45) is 6.17. The highest BCUT2D eigenvalue weighted by Crippen LogP contribution is 2.32. The molecule has 2 N–H and O–H groups in total. The quantitative estimate of drug-likeness (QED) is 0.489. The highest BCUT2D eigenvalue weighted by molar-refractivity contribution is 5.79. The molecule has 1 aliphatic rings. The Morgan fingerprint density at radius 1 is 1.09 bits per heavy atom. The summed E-state index contributed by atoms with van der Waals surface area (Å²) in [5, 5.41) is 12.7. The van der Waals surface area contributed by atoms with Crippen LogP contribution in [0.2, 0.25) is 0 Å². The SMILES string of the molecule is Cc1cc(-c2cccc(Nc3cc4c(cn3)n(C)c(=O)n4C3CCCC3)n2)ccc1CO. The van der Waals surface area contributed by atoms with Crippen molar-refractivity contribution in [3.63, 3.8) is 0 Å². The summed E-state index contributed by atoms with van der Waals surface area (Å²) in [6, 6.07) is 14.0. The first-order chi connectivity index (χ1) is 15.5. The van der Waals surface area contributed by atoms with E-state index >= 15 is 0 Å². The van der Waals surface area contributed by atoms with Crippen LogP contribution in [0.4, 0.5) is 11.6 Å². The Bertz CT molecular complexity index is 1350. The second kappa shape index (κ2) is 8.24. The number of hydrogen-bond donors (Lipinski definition) is 2. The number of benzene rings is 1. The summed E-state index contributed by atoms with van der Waals surface area (Å²) < 4.78 is 3.62. The van der Waals surface area contributed by atoms with Crippen molar-refractivity contribution in [3.8, 4) is 11.3 Å². The zero-order valence-electron chi connectivity index (χ0n) is 18.4. The van der Waals surface area contributed by atoms with Gasteiger partial charge in [0, 0.05) is 24.7 Å². The lowest BCUT2D eigenvalue weighted by molar-refractivity contribution is 0.281. The van der Waals surface area contributed by atoms with Gasteiger partial charge in [0.05, 0.1) is 29.5 Å². The molecule has 0 unspecified atom stereocenters. The lowest BCUT2D eigenvalue weighted by Crippen LogP contribution is -2.24. The number of aliphatic hydroxyl groups excluding tert-OH is 1. The van der Waals surface area contributed by atoms with Crippen LogP contribution >= 0.6 is 0 Å². The number of nitrogens with zero attached hydrogens (tertiary/aromatic N) is 4. The topological polar surface area (TPSA) is 85.0 Å². The maximum atomic E-state index is 12.9. The van der Waals surface area contributed by atoms with Gasteiger partial charge in [0.2, 0.25) is 0 Å². The number of aromatic nitrogens is 4. The normalized spacial score (nSPS) is 14.3. The minimum atomic E-state index is 0.0210. The summed E-state index contributed by atoms with van der Waals surface area (Å²) >= 11 is 0. The number of rotatable bonds is 5. The molecule has 32 heavy (non-hydrogen) atoms. The van der Waals surface area contributed by atoms with Gasteiger partial charge in [-0.2, -0.15) is 0 Å². The van der Waals surface area contributed by atoms with E-state index in [-0.39, 0.29) is 18.3 Å². The fourth-order valence-electron chi connectivity index (χ4n) is 4.67. The number of aryl methyl sites for hydroxylation is 2. The Labute approximate surface area is 186 Å². The number of imidazole rings is 1. The van der Waals surface area contributed by atoms with E-state index in [4.69, 9.17) is 4.98 Å². The molecular formula is C25H27N5O2. The summed E-state index contributed by atoms with van der Waals surface area (Å²) in [5.41, 5.74) is 5.55. The third kappa shape index (κ3) is 3.58. The molecule has 4 aromatic rings. The first-order valence-electron chi connectivity index (χ1n) is 11.1. The van der Waals surface area contributed by atoms with Crippen molar-refractivity contribution in [1.29, 1.82) is 0 Å². The first-order valence-corrected chi connectivity index (χ1v) is 11.1. The van der Waals surface area contributed by atoms with Gasteiger partial charge in [0.15, 0.2) is 0 Å². The van der Waals surface area contributed by atoms with Crippen LogP contribution in [-0.2, 0) is 13.7 Å². The number of pyridine rings is 2. The molecule has 7 heteroatoms. The van der Waals surface area contributed by atoms with Gasteiger partial charge in [-0.15, -0.1) is 0 Å². The zero-order chi connectivity index (χ0) is 22.2. The van der Waals surface area contributed by atoms with E-state index in [0.29, 0.717) is 11.6 Å². The van der Waals surface area contributed by atoms with Crippen molar-refractivity contribution < 1.29 is 5.11 Å². The Hall–Kier alpha value is -3.45. The smallest absolute Gasteiger partial charge is 0.329 e. The molecule has 0 saturated heterocycles. The Morgan fingerprint density at radius 3 is 2.66 bits per heavy atom. The van der Waals surface area contributed by atoms with Gasteiger partial charge < -0.3 is 10.4 Å². The van der Waals surface area contributed by atoms with Crippen molar-refractivity contribution in [2.24, 2.45) is 7.05 Å². The molecule has 1 saturated carbocycles. The van der Waals surface area contributed by atoms with Gasteiger partial charge in [0.1, 0.15) is 11.6 Å².